The van der Waals surface area contributed by atoms with Crippen molar-refractivity contribution in [2.45, 2.75) is 24.1 Å². The molecule has 3 aromatic rings. The predicted octanol–water partition coefficient (Wildman–Crippen LogP) is 5.33. The lowest BCUT2D eigenvalue weighted by atomic mass is 10.1. The monoisotopic (exact) mass is 493 g/mol. The number of anilines is 2. The Balaban J connectivity index is 1.61. The molecule has 1 unspecified atom stereocenters. The summed E-state index contributed by atoms with van der Waals surface area (Å²) in [7, 11) is -2.57. The van der Waals surface area contributed by atoms with Crippen LogP contribution in [0.1, 0.15) is 11.1 Å². The summed E-state index contributed by atoms with van der Waals surface area (Å²) in [6, 6.07) is 16.1. The van der Waals surface area contributed by atoms with Gasteiger partial charge in [-0.15, -0.1) is 0 Å². The van der Waals surface area contributed by atoms with Crippen LogP contribution in [0.25, 0.3) is 0 Å². The van der Waals surface area contributed by atoms with Gasteiger partial charge in [0.25, 0.3) is 10.1 Å². The van der Waals surface area contributed by atoms with Crippen molar-refractivity contribution in [3.05, 3.63) is 77.9 Å². The van der Waals surface area contributed by atoms with E-state index >= 15 is 0 Å². The molecule has 1 heterocycles. The van der Waals surface area contributed by atoms with E-state index in [0.29, 0.717) is 22.9 Å². The average molecular weight is 494 g/mol. The fourth-order valence-electron chi connectivity index (χ4n) is 3.60. The molecule has 1 aliphatic heterocycles. The highest BCUT2D eigenvalue weighted by molar-refractivity contribution is 7.86. The van der Waals surface area contributed by atoms with Crippen LogP contribution in [-0.2, 0) is 20.5 Å². The van der Waals surface area contributed by atoms with Crippen molar-refractivity contribution in [2.75, 3.05) is 25.2 Å². The highest BCUT2D eigenvalue weighted by atomic mass is 32.2. The van der Waals surface area contributed by atoms with Gasteiger partial charge in [-0.05, 0) is 55.5 Å². The number of halogens is 3. The van der Waals surface area contributed by atoms with Crippen LogP contribution in [0, 0.1) is 6.92 Å². The zero-order valence-electron chi connectivity index (χ0n) is 18.4. The van der Waals surface area contributed by atoms with Crippen LogP contribution in [-0.4, -0.2) is 34.8 Å². The molecule has 0 N–H and O–H groups in total. The van der Waals surface area contributed by atoms with E-state index in [9.17, 15) is 21.6 Å². The Morgan fingerprint density at radius 3 is 2.32 bits per heavy atom. The van der Waals surface area contributed by atoms with E-state index in [0.717, 1.165) is 17.7 Å². The minimum Gasteiger partial charge on any atom is -0.493 e. The molecule has 1 atom stereocenters. The van der Waals surface area contributed by atoms with Gasteiger partial charge in [0, 0.05) is 5.69 Å². The Bertz CT molecular complexity index is 1260. The van der Waals surface area contributed by atoms with E-state index in [1.165, 1.54) is 31.4 Å². The fraction of sp³-hybridized carbons (Fsp3) is 0.250. The van der Waals surface area contributed by atoms with E-state index < -0.39 is 28.0 Å². The third-order valence-corrected chi connectivity index (χ3v) is 6.66. The molecule has 4 rings (SSSR count). The zero-order valence-corrected chi connectivity index (χ0v) is 19.2. The number of methoxy groups -OCH3 is 1. The largest absolute Gasteiger partial charge is 0.493 e. The summed E-state index contributed by atoms with van der Waals surface area (Å²) in [5.74, 6) is 0.748. The van der Waals surface area contributed by atoms with E-state index in [1.807, 2.05) is 6.92 Å². The maximum atomic E-state index is 13.0. The molecule has 0 aromatic heterocycles. The number of benzene rings is 3. The third kappa shape index (κ3) is 4.97. The van der Waals surface area contributed by atoms with Gasteiger partial charge in [0.05, 0.1) is 29.8 Å². The normalized spacial score (nSPS) is 16.0. The highest BCUT2D eigenvalue weighted by Crippen LogP contribution is 2.44. The Hall–Kier alpha value is -3.24. The number of hydrogen-bond donors (Lipinski definition) is 0. The first kappa shape index (κ1) is 23.9. The molecule has 180 valence electrons. The highest BCUT2D eigenvalue weighted by Gasteiger charge is 2.33. The van der Waals surface area contributed by atoms with Crippen LogP contribution >= 0.6 is 0 Å². The molecule has 0 fully saturated rings. The van der Waals surface area contributed by atoms with Gasteiger partial charge < -0.3 is 14.4 Å². The Kier molecular flexibility index (Phi) is 6.46. The van der Waals surface area contributed by atoms with Gasteiger partial charge in [-0.2, -0.15) is 21.6 Å². The molecule has 0 amide bonds. The molecule has 34 heavy (non-hydrogen) atoms. The van der Waals surface area contributed by atoms with Gasteiger partial charge in [0.2, 0.25) is 0 Å². The lowest BCUT2D eigenvalue weighted by Gasteiger charge is -2.36. The number of ether oxygens (including phenoxy) is 2. The smallest absolute Gasteiger partial charge is 0.416 e. The number of aryl methyl sites for hydroxylation is 1. The second-order valence-corrected chi connectivity index (χ2v) is 9.37. The van der Waals surface area contributed by atoms with Crippen LogP contribution in [0.2, 0.25) is 0 Å². The average Bonchev–Trinajstić information content (AvgIpc) is 2.81. The van der Waals surface area contributed by atoms with Crippen molar-refractivity contribution in [1.29, 1.82) is 0 Å². The Labute approximate surface area is 195 Å². The van der Waals surface area contributed by atoms with Crippen LogP contribution in [0.4, 0.5) is 24.5 Å². The lowest BCUT2D eigenvalue weighted by molar-refractivity contribution is -0.137. The molecule has 6 nitrogen and oxygen atoms in total. The van der Waals surface area contributed by atoms with Gasteiger partial charge in [0.15, 0.2) is 11.5 Å². The number of hydrogen-bond acceptors (Lipinski definition) is 6. The summed E-state index contributed by atoms with van der Waals surface area (Å²) in [5.41, 5.74) is 1.21. The first-order valence-corrected chi connectivity index (χ1v) is 11.7. The van der Waals surface area contributed by atoms with Crippen molar-refractivity contribution >= 4 is 21.5 Å². The van der Waals surface area contributed by atoms with Crippen LogP contribution in [0.3, 0.4) is 0 Å². The molecule has 0 bridgehead atoms. The number of rotatable bonds is 6. The standard InChI is InChI=1S/C24H22F3NO5S/c1-16-6-12-20(13-7-16)34(29,30)32-15-19-14-28(18-10-8-17(9-11-18)24(25,26)27)21-4-3-5-22(31-2)23(21)33-19/h3-13,19H,14-15H2,1-2H3. The topological polar surface area (TPSA) is 65.1 Å². The summed E-state index contributed by atoms with van der Waals surface area (Å²) in [6.45, 7) is 1.69. The minimum atomic E-state index is -4.45. The predicted molar refractivity (Wildman–Crippen MR) is 120 cm³/mol. The van der Waals surface area contributed by atoms with Crippen LogP contribution in [0.15, 0.2) is 71.6 Å². The van der Waals surface area contributed by atoms with Gasteiger partial charge in [0.1, 0.15) is 12.7 Å². The van der Waals surface area contributed by atoms with Gasteiger partial charge in [-0.3, -0.25) is 4.18 Å². The summed E-state index contributed by atoms with van der Waals surface area (Å²) >= 11 is 0. The van der Waals surface area contributed by atoms with Gasteiger partial charge >= 0.3 is 6.18 Å². The molecule has 0 saturated heterocycles. The van der Waals surface area contributed by atoms with Gasteiger partial charge in [-0.1, -0.05) is 23.8 Å². The maximum absolute atomic E-state index is 13.0. The minimum absolute atomic E-state index is 0.0199. The molecule has 3 aromatic carbocycles. The summed E-state index contributed by atoms with van der Waals surface area (Å²) in [5, 5.41) is 0. The first-order valence-electron chi connectivity index (χ1n) is 10.3. The summed E-state index contributed by atoms with van der Waals surface area (Å²) in [4.78, 5) is 1.76. The molecule has 10 heteroatoms. The van der Waals surface area contributed by atoms with Crippen molar-refractivity contribution < 1.29 is 35.2 Å². The molecule has 1 aliphatic rings. The second kappa shape index (κ2) is 9.19. The Morgan fingerprint density at radius 2 is 1.71 bits per heavy atom. The maximum Gasteiger partial charge on any atom is 0.416 e. The van der Waals surface area contributed by atoms with E-state index in [-0.39, 0.29) is 18.0 Å². The van der Waals surface area contributed by atoms with E-state index in [1.54, 1.807) is 35.2 Å². The fourth-order valence-corrected chi connectivity index (χ4v) is 4.54. The molecular formula is C24H22F3NO5S. The molecule has 0 spiro atoms. The van der Waals surface area contributed by atoms with E-state index in [4.69, 9.17) is 13.7 Å². The zero-order chi connectivity index (χ0) is 24.5. The summed E-state index contributed by atoms with van der Waals surface area (Å²) in [6.07, 6.45) is -5.20. The first-order chi connectivity index (χ1) is 16.1. The number of alkyl halides is 3. The SMILES string of the molecule is COc1cccc2c1OC(COS(=O)(=O)c1ccc(C)cc1)CN2c1ccc(C(F)(F)F)cc1. The lowest BCUT2D eigenvalue weighted by Crippen LogP contribution is -2.40. The van der Waals surface area contributed by atoms with Gasteiger partial charge in [-0.25, -0.2) is 0 Å². The quantitative estimate of drug-likeness (QED) is 0.433. The Morgan fingerprint density at radius 1 is 1.03 bits per heavy atom. The molecule has 0 radical (unpaired) electrons. The number of fused-ring (bicyclic) bond motifs is 1. The third-order valence-electron chi connectivity index (χ3n) is 5.36. The molecular weight excluding hydrogens is 471 g/mol. The van der Waals surface area contributed by atoms with Crippen molar-refractivity contribution in [3.63, 3.8) is 0 Å². The number of para-hydroxylation sites is 1. The van der Waals surface area contributed by atoms with Crippen molar-refractivity contribution in [1.82, 2.24) is 0 Å². The molecule has 0 aliphatic carbocycles. The van der Waals surface area contributed by atoms with Crippen molar-refractivity contribution in [2.24, 2.45) is 0 Å². The summed E-state index contributed by atoms with van der Waals surface area (Å²) < 4.78 is 80.9. The van der Waals surface area contributed by atoms with Crippen LogP contribution < -0.4 is 14.4 Å². The van der Waals surface area contributed by atoms with Crippen LogP contribution in [0.5, 0.6) is 11.5 Å². The second-order valence-electron chi connectivity index (χ2n) is 7.76. The van der Waals surface area contributed by atoms with E-state index in [2.05, 4.69) is 0 Å². The molecule has 0 saturated carbocycles. The number of nitrogens with zero attached hydrogens (tertiary/aromatic N) is 1. The van der Waals surface area contributed by atoms with Crippen molar-refractivity contribution in [3.8, 4) is 11.5 Å².